The van der Waals surface area contributed by atoms with Crippen molar-refractivity contribution in [3.05, 3.63) is 35.3 Å². The van der Waals surface area contributed by atoms with Gasteiger partial charge in [0.2, 0.25) is 5.88 Å². The van der Waals surface area contributed by atoms with E-state index < -0.39 is 0 Å². The zero-order valence-corrected chi connectivity index (χ0v) is 15.9. The van der Waals surface area contributed by atoms with E-state index in [1.165, 1.54) is 0 Å². The van der Waals surface area contributed by atoms with Gasteiger partial charge in [-0.15, -0.1) is 0 Å². The van der Waals surface area contributed by atoms with Crippen LogP contribution in [0.25, 0.3) is 22.4 Å². The zero-order chi connectivity index (χ0) is 18.7. The van der Waals surface area contributed by atoms with E-state index in [1.54, 1.807) is 0 Å². The summed E-state index contributed by atoms with van der Waals surface area (Å²) in [6.45, 7) is 6.82. The Kier molecular flexibility index (Phi) is 5.52. The van der Waals surface area contributed by atoms with Gasteiger partial charge in [0.25, 0.3) is 0 Å². The van der Waals surface area contributed by atoms with Crippen LogP contribution in [-0.4, -0.2) is 37.8 Å². The van der Waals surface area contributed by atoms with Gasteiger partial charge in [-0.1, -0.05) is 13.8 Å². The summed E-state index contributed by atoms with van der Waals surface area (Å²) in [6, 6.07) is 3.93. The van der Waals surface area contributed by atoms with Crippen LogP contribution in [0.3, 0.4) is 0 Å². The van der Waals surface area contributed by atoms with Crippen molar-refractivity contribution in [3.63, 3.8) is 0 Å². The van der Waals surface area contributed by atoms with Crippen molar-refractivity contribution < 1.29 is 9.84 Å². The Balaban J connectivity index is 2.20. The SMILES string of the molecule is CCOc1ccc(-c2nc3c(nc2CC)c(CCO)cn3C)c(CC)n1. The summed E-state index contributed by atoms with van der Waals surface area (Å²) >= 11 is 0. The maximum atomic E-state index is 9.31. The van der Waals surface area contributed by atoms with Crippen LogP contribution >= 0.6 is 0 Å². The fraction of sp³-hybridized carbons (Fsp3) is 0.450. The standard InChI is InChI=1S/C20H26N4O2/c1-5-15-14(8-9-17(21-15)26-7-3)19-16(6-2)22-18-13(10-11-25)12-24(4)20(18)23-19/h8-9,12,25H,5-7,10-11H2,1-4H3. The number of hydrogen-bond acceptors (Lipinski definition) is 5. The molecule has 3 heterocycles. The quantitative estimate of drug-likeness (QED) is 0.706. The lowest BCUT2D eigenvalue weighted by Crippen LogP contribution is -2.04. The smallest absolute Gasteiger partial charge is 0.213 e. The Hall–Kier alpha value is -2.47. The number of pyridine rings is 1. The van der Waals surface area contributed by atoms with E-state index in [-0.39, 0.29) is 6.61 Å². The largest absolute Gasteiger partial charge is 0.478 e. The molecule has 6 heteroatoms. The van der Waals surface area contributed by atoms with Crippen LogP contribution in [0.4, 0.5) is 0 Å². The maximum Gasteiger partial charge on any atom is 0.213 e. The number of nitrogens with zero attached hydrogens (tertiary/aromatic N) is 4. The Labute approximate surface area is 153 Å². The van der Waals surface area contributed by atoms with E-state index in [4.69, 9.17) is 14.7 Å². The van der Waals surface area contributed by atoms with Crippen LogP contribution in [0.2, 0.25) is 0 Å². The first-order valence-corrected chi connectivity index (χ1v) is 9.21. The van der Waals surface area contributed by atoms with Crippen LogP contribution in [-0.2, 0) is 26.3 Å². The normalized spacial score (nSPS) is 11.3. The summed E-state index contributed by atoms with van der Waals surface area (Å²) < 4.78 is 7.52. The van der Waals surface area contributed by atoms with Gasteiger partial charge < -0.3 is 14.4 Å². The molecule has 0 aliphatic carbocycles. The Morgan fingerprint density at radius 2 is 1.81 bits per heavy atom. The van der Waals surface area contributed by atoms with E-state index >= 15 is 0 Å². The third kappa shape index (κ3) is 3.29. The number of aromatic nitrogens is 4. The topological polar surface area (TPSA) is 73.1 Å². The van der Waals surface area contributed by atoms with Gasteiger partial charge in [0.05, 0.1) is 23.7 Å². The van der Waals surface area contributed by atoms with Gasteiger partial charge in [0.15, 0.2) is 5.65 Å². The second-order valence-corrected chi connectivity index (χ2v) is 6.21. The average Bonchev–Trinajstić information content (AvgIpc) is 2.96. The molecule has 0 aromatic carbocycles. The Morgan fingerprint density at radius 1 is 1.04 bits per heavy atom. The van der Waals surface area contributed by atoms with E-state index in [9.17, 15) is 5.11 Å². The highest BCUT2D eigenvalue weighted by Gasteiger charge is 2.18. The van der Waals surface area contributed by atoms with Gasteiger partial charge in [0.1, 0.15) is 5.52 Å². The molecule has 6 nitrogen and oxygen atoms in total. The van der Waals surface area contributed by atoms with Crippen molar-refractivity contribution in [2.75, 3.05) is 13.2 Å². The lowest BCUT2D eigenvalue weighted by molar-refractivity contribution is 0.300. The third-order valence-electron chi connectivity index (χ3n) is 4.48. The minimum Gasteiger partial charge on any atom is -0.478 e. The molecule has 0 atom stereocenters. The minimum absolute atomic E-state index is 0.104. The Bertz CT molecular complexity index is 918. The van der Waals surface area contributed by atoms with E-state index in [0.29, 0.717) is 18.9 Å². The van der Waals surface area contributed by atoms with Crippen molar-refractivity contribution >= 4 is 11.2 Å². The molecular weight excluding hydrogens is 328 g/mol. The van der Waals surface area contributed by atoms with Crippen LogP contribution in [0.15, 0.2) is 18.3 Å². The number of aliphatic hydroxyl groups excluding tert-OH is 1. The van der Waals surface area contributed by atoms with Gasteiger partial charge in [-0.2, -0.15) is 0 Å². The van der Waals surface area contributed by atoms with Crippen molar-refractivity contribution in [1.29, 1.82) is 0 Å². The third-order valence-corrected chi connectivity index (χ3v) is 4.48. The van der Waals surface area contributed by atoms with Crippen LogP contribution in [0.1, 0.15) is 37.7 Å². The predicted octanol–water partition coefficient (Wildman–Crippen LogP) is 3.09. The van der Waals surface area contributed by atoms with Gasteiger partial charge in [-0.3, -0.25) is 0 Å². The number of aryl methyl sites for hydroxylation is 3. The molecule has 0 amide bonds. The van der Waals surface area contributed by atoms with E-state index in [2.05, 4.69) is 18.8 Å². The fourth-order valence-corrected chi connectivity index (χ4v) is 3.24. The molecular formula is C20H26N4O2. The molecule has 26 heavy (non-hydrogen) atoms. The van der Waals surface area contributed by atoms with Crippen LogP contribution in [0.5, 0.6) is 5.88 Å². The van der Waals surface area contributed by atoms with E-state index in [1.807, 2.05) is 36.9 Å². The van der Waals surface area contributed by atoms with Crippen LogP contribution in [0, 0.1) is 0 Å². The van der Waals surface area contributed by atoms with Gasteiger partial charge in [-0.05, 0) is 32.3 Å². The van der Waals surface area contributed by atoms with Gasteiger partial charge >= 0.3 is 0 Å². The summed E-state index contributed by atoms with van der Waals surface area (Å²) in [4.78, 5) is 14.5. The maximum absolute atomic E-state index is 9.31. The second-order valence-electron chi connectivity index (χ2n) is 6.21. The first-order chi connectivity index (χ1) is 12.6. The number of hydrogen-bond donors (Lipinski definition) is 1. The predicted molar refractivity (Wildman–Crippen MR) is 102 cm³/mol. The van der Waals surface area contributed by atoms with Crippen LogP contribution < -0.4 is 4.74 Å². The monoisotopic (exact) mass is 354 g/mol. The Morgan fingerprint density at radius 3 is 2.46 bits per heavy atom. The van der Waals surface area contributed by atoms with Crippen molar-refractivity contribution in [2.45, 2.75) is 40.0 Å². The lowest BCUT2D eigenvalue weighted by atomic mass is 10.0. The molecule has 0 bridgehead atoms. The highest BCUT2D eigenvalue weighted by molar-refractivity contribution is 5.80. The van der Waals surface area contributed by atoms with Crippen molar-refractivity contribution in [1.82, 2.24) is 19.5 Å². The van der Waals surface area contributed by atoms with Crippen molar-refractivity contribution in [2.24, 2.45) is 7.05 Å². The molecule has 3 aromatic rings. The van der Waals surface area contributed by atoms with Gasteiger partial charge in [0, 0.05) is 37.0 Å². The lowest BCUT2D eigenvalue weighted by Gasteiger charge is -2.13. The highest BCUT2D eigenvalue weighted by Crippen LogP contribution is 2.29. The molecule has 0 fully saturated rings. The second kappa shape index (κ2) is 7.83. The molecule has 0 aliphatic rings. The summed E-state index contributed by atoms with van der Waals surface area (Å²) in [5.74, 6) is 0.643. The molecule has 0 unspecified atom stereocenters. The summed E-state index contributed by atoms with van der Waals surface area (Å²) in [7, 11) is 1.96. The molecule has 0 radical (unpaired) electrons. The highest BCUT2D eigenvalue weighted by atomic mass is 16.5. The first kappa shape index (κ1) is 18.3. The number of fused-ring (bicyclic) bond motifs is 1. The fourth-order valence-electron chi connectivity index (χ4n) is 3.24. The summed E-state index contributed by atoms with van der Waals surface area (Å²) in [6.07, 6.45) is 4.16. The molecule has 0 saturated carbocycles. The molecule has 1 N–H and O–H groups in total. The molecule has 0 spiro atoms. The van der Waals surface area contributed by atoms with Gasteiger partial charge in [-0.25, -0.2) is 15.0 Å². The molecule has 0 saturated heterocycles. The first-order valence-electron chi connectivity index (χ1n) is 9.21. The summed E-state index contributed by atoms with van der Waals surface area (Å²) in [5, 5.41) is 9.31. The zero-order valence-electron chi connectivity index (χ0n) is 15.9. The van der Waals surface area contributed by atoms with E-state index in [0.717, 1.165) is 52.2 Å². The van der Waals surface area contributed by atoms with Crippen molar-refractivity contribution in [3.8, 4) is 17.1 Å². The number of rotatable bonds is 7. The average molecular weight is 354 g/mol. The molecule has 3 rings (SSSR count). The molecule has 138 valence electrons. The molecule has 3 aromatic heterocycles. The summed E-state index contributed by atoms with van der Waals surface area (Å²) in [5.41, 5.74) is 6.53. The minimum atomic E-state index is 0.104. The number of aliphatic hydroxyl groups is 1. The number of ether oxygens (including phenoxy) is 1. The molecule has 0 aliphatic heterocycles.